The molecule has 0 aliphatic heterocycles. The minimum Gasteiger partial charge on any atom is -0.479 e. The van der Waals surface area contributed by atoms with Gasteiger partial charge in [0.15, 0.2) is 11.4 Å². The van der Waals surface area contributed by atoms with E-state index in [1.165, 1.54) is 4.68 Å². The van der Waals surface area contributed by atoms with Crippen molar-refractivity contribution in [1.29, 1.82) is 0 Å². The van der Waals surface area contributed by atoms with Gasteiger partial charge in [-0.25, -0.2) is 9.48 Å². The van der Waals surface area contributed by atoms with E-state index in [1.807, 2.05) is 0 Å². The van der Waals surface area contributed by atoms with Crippen molar-refractivity contribution in [3.8, 4) is 11.4 Å². The monoisotopic (exact) mass is 328 g/mol. The van der Waals surface area contributed by atoms with Crippen LogP contribution in [-0.4, -0.2) is 31.3 Å². The van der Waals surface area contributed by atoms with E-state index in [0.29, 0.717) is 34.3 Å². The molecule has 0 aliphatic carbocycles. The second-order valence-electron chi connectivity index (χ2n) is 4.62. The summed E-state index contributed by atoms with van der Waals surface area (Å²) < 4.78 is 1.33. The second-order valence-corrected chi connectivity index (χ2v) is 5.49. The maximum Gasteiger partial charge on any atom is 0.331 e. The molecule has 112 valence electrons. The molecule has 2 rings (SSSR count). The van der Waals surface area contributed by atoms with Crippen molar-refractivity contribution in [2.45, 2.75) is 32.2 Å². The van der Waals surface area contributed by atoms with E-state index in [0.717, 1.165) is 0 Å². The summed E-state index contributed by atoms with van der Waals surface area (Å²) in [6.45, 7) is 3.57. The molecule has 0 bridgehead atoms. The molecule has 8 heteroatoms. The van der Waals surface area contributed by atoms with Gasteiger partial charge in [-0.3, -0.25) is 0 Å². The van der Waals surface area contributed by atoms with Gasteiger partial charge in [0.25, 0.3) is 0 Å². The Bertz CT molecular complexity index is 648. The summed E-state index contributed by atoms with van der Waals surface area (Å²) in [4.78, 5) is 11.7. The first kappa shape index (κ1) is 15.7. The summed E-state index contributed by atoms with van der Waals surface area (Å²) >= 11 is 12.0. The van der Waals surface area contributed by atoms with Crippen molar-refractivity contribution in [3.63, 3.8) is 0 Å². The zero-order chi connectivity index (χ0) is 15.6. The molecule has 0 amide bonds. The van der Waals surface area contributed by atoms with Gasteiger partial charge in [0.05, 0.1) is 0 Å². The molecule has 1 heterocycles. The Labute approximate surface area is 131 Å². The number of carboxylic acids is 1. The lowest BCUT2D eigenvalue weighted by atomic mass is 9.92. The summed E-state index contributed by atoms with van der Waals surface area (Å²) in [5, 5.41) is 21.9. The van der Waals surface area contributed by atoms with Crippen LogP contribution in [0.3, 0.4) is 0 Å². The Morgan fingerprint density at radius 3 is 2.29 bits per heavy atom. The van der Waals surface area contributed by atoms with Crippen molar-refractivity contribution in [2.75, 3.05) is 0 Å². The van der Waals surface area contributed by atoms with Gasteiger partial charge in [-0.1, -0.05) is 37.0 Å². The van der Waals surface area contributed by atoms with Gasteiger partial charge in [0, 0.05) is 15.6 Å². The highest BCUT2D eigenvalue weighted by Gasteiger charge is 2.40. The van der Waals surface area contributed by atoms with Crippen LogP contribution in [0.5, 0.6) is 0 Å². The summed E-state index contributed by atoms with van der Waals surface area (Å²) in [6, 6.07) is 4.88. The number of hydrogen-bond donors (Lipinski definition) is 1. The lowest BCUT2D eigenvalue weighted by Gasteiger charge is -2.27. The van der Waals surface area contributed by atoms with Crippen LogP contribution < -0.4 is 0 Å². The number of aromatic nitrogens is 4. The maximum atomic E-state index is 11.7. The third-order valence-corrected chi connectivity index (χ3v) is 4.00. The Kier molecular flexibility index (Phi) is 4.49. The molecule has 0 saturated heterocycles. The first-order chi connectivity index (χ1) is 9.94. The van der Waals surface area contributed by atoms with Crippen LogP contribution >= 0.6 is 23.2 Å². The first-order valence-corrected chi connectivity index (χ1v) is 7.19. The summed E-state index contributed by atoms with van der Waals surface area (Å²) in [7, 11) is 0. The highest BCUT2D eigenvalue weighted by molar-refractivity contribution is 6.35. The van der Waals surface area contributed by atoms with Gasteiger partial charge < -0.3 is 5.11 Å². The lowest BCUT2D eigenvalue weighted by molar-refractivity contribution is -0.148. The van der Waals surface area contributed by atoms with Crippen LogP contribution in [0.25, 0.3) is 11.4 Å². The van der Waals surface area contributed by atoms with E-state index in [4.69, 9.17) is 23.2 Å². The number of carboxylic acid groups (broad SMARTS) is 1. The van der Waals surface area contributed by atoms with E-state index in [9.17, 15) is 9.90 Å². The zero-order valence-electron chi connectivity index (χ0n) is 11.5. The minimum absolute atomic E-state index is 0.325. The number of nitrogens with zero attached hydrogens (tertiary/aromatic N) is 4. The van der Waals surface area contributed by atoms with E-state index in [1.54, 1.807) is 32.0 Å². The van der Waals surface area contributed by atoms with Gasteiger partial charge >= 0.3 is 5.97 Å². The number of halogens is 2. The van der Waals surface area contributed by atoms with Crippen molar-refractivity contribution in [3.05, 3.63) is 28.2 Å². The van der Waals surface area contributed by atoms with Gasteiger partial charge in [0.1, 0.15) is 0 Å². The molecule has 0 aliphatic rings. The number of benzene rings is 1. The third kappa shape index (κ3) is 2.73. The largest absolute Gasteiger partial charge is 0.479 e. The molecule has 0 atom stereocenters. The summed E-state index contributed by atoms with van der Waals surface area (Å²) in [5.41, 5.74) is -0.627. The highest BCUT2D eigenvalue weighted by atomic mass is 35.5. The Morgan fingerprint density at radius 2 is 1.81 bits per heavy atom. The van der Waals surface area contributed by atoms with Crippen molar-refractivity contribution >= 4 is 29.2 Å². The maximum absolute atomic E-state index is 11.7. The molecule has 0 saturated carbocycles. The average molecular weight is 329 g/mol. The van der Waals surface area contributed by atoms with Crippen molar-refractivity contribution in [1.82, 2.24) is 20.2 Å². The van der Waals surface area contributed by atoms with Crippen LogP contribution in [-0.2, 0) is 10.3 Å². The number of rotatable bonds is 5. The zero-order valence-corrected chi connectivity index (χ0v) is 13.1. The second kappa shape index (κ2) is 5.99. The van der Waals surface area contributed by atoms with Crippen molar-refractivity contribution < 1.29 is 9.90 Å². The molecule has 2 aromatic rings. The molecular formula is C13H14Cl2N4O2. The predicted molar refractivity (Wildman–Crippen MR) is 79.5 cm³/mol. The topological polar surface area (TPSA) is 80.9 Å². The van der Waals surface area contributed by atoms with E-state index >= 15 is 0 Å². The van der Waals surface area contributed by atoms with Crippen molar-refractivity contribution in [2.24, 2.45) is 0 Å². The van der Waals surface area contributed by atoms with Gasteiger partial charge in [-0.05, 0) is 41.5 Å². The Morgan fingerprint density at radius 1 is 1.24 bits per heavy atom. The molecular weight excluding hydrogens is 315 g/mol. The quantitative estimate of drug-likeness (QED) is 0.911. The number of hydrogen-bond acceptors (Lipinski definition) is 4. The van der Waals surface area contributed by atoms with Crippen LogP contribution in [0.2, 0.25) is 10.0 Å². The molecule has 0 unspecified atom stereocenters. The van der Waals surface area contributed by atoms with E-state index in [2.05, 4.69) is 15.5 Å². The molecule has 0 fully saturated rings. The van der Waals surface area contributed by atoms with Crippen LogP contribution in [0, 0.1) is 0 Å². The predicted octanol–water partition coefficient (Wildman–Crippen LogP) is 3.25. The molecule has 1 N–H and O–H groups in total. The molecule has 1 aromatic carbocycles. The highest BCUT2D eigenvalue weighted by Crippen LogP contribution is 2.31. The SMILES string of the molecule is CCC(CC)(C(=O)O)n1nnnc1-c1cc(Cl)cc(Cl)c1. The van der Waals surface area contributed by atoms with Gasteiger partial charge in [-0.2, -0.15) is 0 Å². The third-order valence-electron chi connectivity index (χ3n) is 3.56. The standard InChI is InChI=1S/C13H14Cl2N4O2/c1-3-13(4-2,12(20)21)19-11(16-17-18-19)8-5-9(14)7-10(15)6-8/h5-7H,3-4H2,1-2H3,(H,20,21). The Hall–Kier alpha value is -1.66. The summed E-state index contributed by atoms with van der Waals surface area (Å²) in [6.07, 6.45) is 0.705. The molecule has 0 spiro atoms. The molecule has 1 aromatic heterocycles. The minimum atomic E-state index is -1.20. The fourth-order valence-corrected chi connectivity index (χ4v) is 2.81. The molecule has 21 heavy (non-hydrogen) atoms. The lowest BCUT2D eigenvalue weighted by Crippen LogP contribution is -2.42. The fraction of sp³-hybridized carbons (Fsp3) is 0.385. The van der Waals surface area contributed by atoms with Gasteiger partial charge in [-0.15, -0.1) is 5.10 Å². The van der Waals surface area contributed by atoms with E-state index in [-0.39, 0.29) is 0 Å². The van der Waals surface area contributed by atoms with Crippen LogP contribution in [0.4, 0.5) is 0 Å². The average Bonchev–Trinajstić information content (AvgIpc) is 2.89. The number of aliphatic carboxylic acids is 1. The number of carbonyl (C=O) groups is 1. The molecule has 0 radical (unpaired) electrons. The molecule has 6 nitrogen and oxygen atoms in total. The Balaban J connectivity index is 2.64. The van der Waals surface area contributed by atoms with Gasteiger partial charge in [0.2, 0.25) is 0 Å². The smallest absolute Gasteiger partial charge is 0.331 e. The number of tetrazole rings is 1. The summed E-state index contributed by atoms with van der Waals surface area (Å²) in [5.74, 6) is -0.653. The van der Waals surface area contributed by atoms with Crippen LogP contribution in [0.15, 0.2) is 18.2 Å². The van der Waals surface area contributed by atoms with Crippen LogP contribution in [0.1, 0.15) is 26.7 Å². The fourth-order valence-electron chi connectivity index (χ4n) is 2.28. The normalized spacial score (nSPS) is 11.6. The van der Waals surface area contributed by atoms with E-state index < -0.39 is 11.5 Å². The first-order valence-electron chi connectivity index (χ1n) is 6.43.